The number of aryl methyl sites for hydroxylation is 1. The molecule has 1 heterocycles. The Morgan fingerprint density at radius 1 is 0.815 bits per heavy atom. The van der Waals surface area contributed by atoms with E-state index in [4.69, 9.17) is 0 Å². The molecule has 0 aliphatic heterocycles. The number of hydrogen-bond acceptors (Lipinski definition) is 3. The lowest BCUT2D eigenvalue weighted by Gasteiger charge is -2.13. The van der Waals surface area contributed by atoms with Crippen LogP contribution in [-0.2, 0) is 0 Å². The number of aromatic nitrogens is 2. The van der Waals surface area contributed by atoms with Gasteiger partial charge in [-0.05, 0) is 60.6 Å². The zero-order valence-electron chi connectivity index (χ0n) is 14.4. The topological polar surface area (TPSA) is 53.9 Å². The van der Waals surface area contributed by atoms with E-state index in [0.717, 1.165) is 24.4 Å². The van der Waals surface area contributed by atoms with Crippen LogP contribution in [0, 0.1) is 17.3 Å². The summed E-state index contributed by atoms with van der Waals surface area (Å²) in [7, 11) is 0. The molecule has 4 rings (SSSR count). The SMILES string of the molecule is Cc1ccc2c(c1)[n+]([O-])c(-c1ccc(Br)cc1)c(Sc1ccccc1)[n+]2[O-]. The summed E-state index contributed by atoms with van der Waals surface area (Å²) >= 11 is 4.71. The molecule has 0 aliphatic carbocycles. The highest BCUT2D eigenvalue weighted by Crippen LogP contribution is 2.33. The van der Waals surface area contributed by atoms with Crippen molar-refractivity contribution < 1.29 is 9.46 Å². The Morgan fingerprint density at radius 3 is 2.22 bits per heavy atom. The summed E-state index contributed by atoms with van der Waals surface area (Å²) < 4.78 is 2.64. The average molecular weight is 439 g/mol. The maximum atomic E-state index is 13.3. The Kier molecular flexibility index (Phi) is 4.76. The summed E-state index contributed by atoms with van der Waals surface area (Å²) in [5, 5.41) is 26.8. The van der Waals surface area contributed by atoms with Gasteiger partial charge in [0.05, 0.1) is 5.56 Å². The van der Waals surface area contributed by atoms with E-state index in [-0.39, 0.29) is 0 Å². The monoisotopic (exact) mass is 438 g/mol. The minimum absolute atomic E-state index is 0.351. The Labute approximate surface area is 169 Å². The van der Waals surface area contributed by atoms with Crippen molar-refractivity contribution in [2.75, 3.05) is 0 Å². The number of benzene rings is 3. The lowest BCUT2D eigenvalue weighted by atomic mass is 10.1. The standard InChI is InChI=1S/C21H15BrN2O2S/c1-14-7-12-18-19(13-14)23(25)20(15-8-10-16(22)11-9-15)21(24(18)26)27-17-5-3-2-4-6-17/h2-13H,1H3. The first-order chi connectivity index (χ1) is 13.0. The van der Waals surface area contributed by atoms with Gasteiger partial charge >= 0.3 is 10.7 Å². The first-order valence-electron chi connectivity index (χ1n) is 8.33. The third-order valence-corrected chi connectivity index (χ3v) is 5.82. The molecule has 3 aromatic carbocycles. The van der Waals surface area contributed by atoms with Crippen molar-refractivity contribution in [3.8, 4) is 11.3 Å². The summed E-state index contributed by atoms with van der Waals surface area (Å²) in [6.07, 6.45) is 0. The van der Waals surface area contributed by atoms with Gasteiger partial charge in [-0.15, -0.1) is 4.73 Å². The molecule has 0 amide bonds. The third-order valence-electron chi connectivity index (χ3n) is 4.23. The van der Waals surface area contributed by atoms with Gasteiger partial charge < -0.3 is 10.4 Å². The maximum Gasteiger partial charge on any atom is 0.331 e. The predicted octanol–water partition coefficient (Wildman–Crippen LogP) is 5.00. The van der Waals surface area contributed by atoms with Gasteiger partial charge in [-0.3, -0.25) is 0 Å². The zero-order valence-corrected chi connectivity index (χ0v) is 16.8. The van der Waals surface area contributed by atoms with Crippen molar-refractivity contribution in [2.24, 2.45) is 0 Å². The van der Waals surface area contributed by atoms with Gasteiger partial charge in [0.15, 0.2) is 0 Å². The number of hydrogen-bond donors (Lipinski definition) is 0. The molecular weight excluding hydrogens is 424 g/mol. The van der Waals surface area contributed by atoms with Crippen molar-refractivity contribution in [1.29, 1.82) is 0 Å². The molecule has 4 aromatic rings. The molecule has 0 atom stereocenters. The van der Waals surface area contributed by atoms with Gasteiger partial charge in [-0.1, -0.05) is 40.2 Å². The number of nitrogens with zero attached hydrogens (tertiary/aromatic N) is 2. The lowest BCUT2D eigenvalue weighted by Crippen LogP contribution is -2.42. The number of halogens is 1. The van der Waals surface area contributed by atoms with Crippen LogP contribution in [0.15, 0.2) is 87.2 Å². The van der Waals surface area contributed by atoms with Crippen LogP contribution in [0.5, 0.6) is 0 Å². The zero-order chi connectivity index (χ0) is 19.0. The van der Waals surface area contributed by atoms with Gasteiger partial charge in [0.1, 0.15) is 0 Å². The fourth-order valence-electron chi connectivity index (χ4n) is 2.92. The van der Waals surface area contributed by atoms with Crippen LogP contribution in [-0.4, -0.2) is 0 Å². The maximum absolute atomic E-state index is 13.3. The molecule has 1 aromatic heterocycles. The molecule has 27 heavy (non-hydrogen) atoms. The minimum atomic E-state index is 0.351. The van der Waals surface area contributed by atoms with Crippen molar-refractivity contribution in [3.63, 3.8) is 0 Å². The van der Waals surface area contributed by atoms with E-state index in [1.807, 2.05) is 67.6 Å². The molecular formula is C21H15BrN2O2S. The van der Waals surface area contributed by atoms with E-state index in [1.54, 1.807) is 12.1 Å². The molecule has 0 saturated heterocycles. The van der Waals surface area contributed by atoms with E-state index < -0.39 is 0 Å². The average Bonchev–Trinajstić information content (AvgIpc) is 2.68. The molecule has 0 radical (unpaired) electrons. The van der Waals surface area contributed by atoms with Crippen molar-refractivity contribution in [3.05, 3.63) is 93.2 Å². The third kappa shape index (κ3) is 3.38. The highest BCUT2D eigenvalue weighted by molar-refractivity contribution is 9.10. The Bertz CT molecular complexity index is 1130. The van der Waals surface area contributed by atoms with Crippen LogP contribution in [0.4, 0.5) is 0 Å². The number of rotatable bonds is 3. The first-order valence-corrected chi connectivity index (χ1v) is 9.94. The van der Waals surface area contributed by atoms with Gasteiger partial charge in [0.2, 0.25) is 0 Å². The van der Waals surface area contributed by atoms with Gasteiger partial charge in [-0.2, -0.15) is 4.73 Å². The fourth-order valence-corrected chi connectivity index (χ4v) is 4.18. The van der Waals surface area contributed by atoms with Crippen LogP contribution < -0.4 is 9.46 Å². The van der Waals surface area contributed by atoms with Crippen molar-refractivity contribution in [1.82, 2.24) is 0 Å². The second kappa shape index (κ2) is 7.21. The normalized spacial score (nSPS) is 11.0. The van der Waals surface area contributed by atoms with Crippen molar-refractivity contribution in [2.45, 2.75) is 16.8 Å². The molecule has 0 fully saturated rings. The van der Waals surface area contributed by atoms with Crippen molar-refractivity contribution >= 4 is 38.7 Å². The molecule has 6 heteroatoms. The largest absolute Gasteiger partial charge is 0.617 e. The molecule has 4 nitrogen and oxygen atoms in total. The lowest BCUT2D eigenvalue weighted by molar-refractivity contribution is -0.653. The Balaban J connectivity index is 2.03. The molecule has 0 aliphatic rings. The second-order valence-corrected chi connectivity index (χ2v) is 8.13. The van der Waals surface area contributed by atoms with E-state index in [0.29, 0.717) is 27.3 Å². The second-order valence-electron chi connectivity index (χ2n) is 6.16. The molecule has 0 N–H and O–H groups in total. The van der Waals surface area contributed by atoms with E-state index in [9.17, 15) is 10.4 Å². The Hall–Kier alpha value is -2.57. The summed E-state index contributed by atoms with van der Waals surface area (Å²) in [4.78, 5) is 0.895. The van der Waals surface area contributed by atoms with Crippen LogP contribution >= 0.6 is 27.7 Å². The summed E-state index contributed by atoms with van der Waals surface area (Å²) in [5.41, 5.74) is 2.69. The fraction of sp³-hybridized carbons (Fsp3) is 0.0476. The van der Waals surface area contributed by atoms with Crippen LogP contribution in [0.3, 0.4) is 0 Å². The Morgan fingerprint density at radius 2 is 1.52 bits per heavy atom. The highest BCUT2D eigenvalue weighted by Gasteiger charge is 2.30. The molecule has 0 spiro atoms. The van der Waals surface area contributed by atoms with Gasteiger partial charge in [0, 0.05) is 21.5 Å². The highest BCUT2D eigenvalue weighted by atomic mass is 79.9. The smallest absolute Gasteiger partial charge is 0.331 e. The summed E-state index contributed by atoms with van der Waals surface area (Å²) in [6, 6.07) is 22.3. The van der Waals surface area contributed by atoms with E-state index in [2.05, 4.69) is 15.9 Å². The van der Waals surface area contributed by atoms with Crippen LogP contribution in [0.25, 0.3) is 22.3 Å². The minimum Gasteiger partial charge on any atom is -0.617 e. The van der Waals surface area contributed by atoms with Gasteiger partial charge in [-0.25, -0.2) is 0 Å². The predicted molar refractivity (Wildman–Crippen MR) is 110 cm³/mol. The molecule has 0 saturated carbocycles. The molecule has 0 bridgehead atoms. The van der Waals surface area contributed by atoms with Crippen LogP contribution in [0.1, 0.15) is 5.56 Å². The van der Waals surface area contributed by atoms with E-state index >= 15 is 0 Å². The number of fused-ring (bicyclic) bond motifs is 1. The van der Waals surface area contributed by atoms with Gasteiger partial charge in [0.25, 0.3) is 11.0 Å². The van der Waals surface area contributed by atoms with Crippen LogP contribution in [0.2, 0.25) is 0 Å². The summed E-state index contributed by atoms with van der Waals surface area (Å²) in [6.45, 7) is 1.90. The quantitative estimate of drug-likeness (QED) is 0.334. The molecule has 0 unspecified atom stereocenters. The molecule has 134 valence electrons. The van der Waals surface area contributed by atoms with E-state index in [1.165, 1.54) is 11.8 Å². The first kappa shape index (κ1) is 17.8. The summed E-state index contributed by atoms with van der Waals surface area (Å²) in [5.74, 6) is 0.